The molecule has 102 valence electrons. The second kappa shape index (κ2) is 7.26. The molecule has 0 spiro atoms. The van der Waals surface area contributed by atoms with Crippen molar-refractivity contribution in [1.29, 1.82) is 0 Å². The minimum atomic E-state index is -4.32. The fourth-order valence-electron chi connectivity index (χ4n) is 1.55. The zero-order valence-corrected chi connectivity index (χ0v) is 10.2. The highest BCUT2D eigenvalue weighted by molar-refractivity contribution is 5.30. The van der Waals surface area contributed by atoms with E-state index in [1.165, 1.54) is 12.1 Å². The number of hydrogen-bond donors (Lipinski definition) is 1. The molecule has 0 aliphatic heterocycles. The summed E-state index contributed by atoms with van der Waals surface area (Å²) in [5.74, 6) is 0.267. The van der Waals surface area contributed by atoms with Crippen LogP contribution in [0.5, 0.6) is 5.75 Å². The Bertz CT molecular complexity index is 352. The van der Waals surface area contributed by atoms with E-state index in [0.717, 1.165) is 37.8 Å². The molecular formula is C13H18F3NO. The first-order chi connectivity index (χ1) is 8.54. The van der Waals surface area contributed by atoms with E-state index in [0.29, 0.717) is 13.2 Å². The number of halogens is 3. The quantitative estimate of drug-likeness (QED) is 0.761. The van der Waals surface area contributed by atoms with Crippen LogP contribution in [0.25, 0.3) is 0 Å². The fourth-order valence-corrected chi connectivity index (χ4v) is 1.55. The number of ether oxygens (including phenoxy) is 1. The zero-order chi connectivity index (χ0) is 13.4. The topological polar surface area (TPSA) is 35.2 Å². The summed E-state index contributed by atoms with van der Waals surface area (Å²) in [6.45, 7) is 1.11. The van der Waals surface area contributed by atoms with Crippen LogP contribution >= 0.6 is 0 Å². The lowest BCUT2D eigenvalue weighted by Gasteiger charge is -2.10. The van der Waals surface area contributed by atoms with Gasteiger partial charge in [0.25, 0.3) is 0 Å². The Kier molecular flexibility index (Phi) is 5.98. The van der Waals surface area contributed by atoms with Gasteiger partial charge in [0, 0.05) is 0 Å². The highest BCUT2D eigenvalue weighted by Gasteiger charge is 2.30. The lowest BCUT2D eigenvalue weighted by molar-refractivity contribution is -0.137. The minimum Gasteiger partial charge on any atom is -0.494 e. The predicted molar refractivity (Wildman–Crippen MR) is 64.5 cm³/mol. The van der Waals surface area contributed by atoms with Crippen molar-refractivity contribution in [2.24, 2.45) is 5.73 Å². The van der Waals surface area contributed by atoms with Crippen molar-refractivity contribution in [2.45, 2.75) is 31.9 Å². The summed E-state index contributed by atoms with van der Waals surface area (Å²) in [4.78, 5) is 0. The van der Waals surface area contributed by atoms with Crippen molar-refractivity contribution < 1.29 is 17.9 Å². The lowest BCUT2D eigenvalue weighted by atomic mass is 10.2. The van der Waals surface area contributed by atoms with Crippen molar-refractivity contribution >= 4 is 0 Å². The van der Waals surface area contributed by atoms with Gasteiger partial charge < -0.3 is 10.5 Å². The van der Waals surface area contributed by atoms with Gasteiger partial charge >= 0.3 is 6.18 Å². The Hall–Kier alpha value is -1.23. The molecule has 2 nitrogen and oxygen atoms in total. The van der Waals surface area contributed by atoms with E-state index >= 15 is 0 Å². The smallest absolute Gasteiger partial charge is 0.416 e. The Morgan fingerprint density at radius 2 is 1.78 bits per heavy atom. The number of unbranched alkanes of at least 4 members (excludes halogenated alkanes) is 3. The number of alkyl halides is 3. The van der Waals surface area contributed by atoms with Gasteiger partial charge in [0.15, 0.2) is 0 Å². The number of hydrogen-bond acceptors (Lipinski definition) is 2. The van der Waals surface area contributed by atoms with Crippen LogP contribution in [0.1, 0.15) is 31.2 Å². The van der Waals surface area contributed by atoms with E-state index in [2.05, 4.69) is 0 Å². The van der Waals surface area contributed by atoms with Gasteiger partial charge in [-0.2, -0.15) is 13.2 Å². The van der Waals surface area contributed by atoms with Gasteiger partial charge in [-0.1, -0.05) is 18.9 Å². The van der Waals surface area contributed by atoms with Crippen LogP contribution < -0.4 is 10.5 Å². The highest BCUT2D eigenvalue weighted by Crippen LogP contribution is 2.31. The van der Waals surface area contributed by atoms with Crippen molar-refractivity contribution in [3.8, 4) is 5.75 Å². The van der Waals surface area contributed by atoms with Gasteiger partial charge in [-0.05, 0) is 37.6 Å². The molecule has 1 rings (SSSR count). The average molecular weight is 261 g/mol. The third kappa shape index (κ3) is 5.40. The molecule has 18 heavy (non-hydrogen) atoms. The fraction of sp³-hybridized carbons (Fsp3) is 0.538. The van der Waals surface area contributed by atoms with E-state index in [1.54, 1.807) is 0 Å². The van der Waals surface area contributed by atoms with Gasteiger partial charge in [0.1, 0.15) is 5.75 Å². The molecule has 1 aromatic rings. The maximum absolute atomic E-state index is 12.4. The molecule has 1 aromatic carbocycles. The maximum atomic E-state index is 12.4. The van der Waals surface area contributed by atoms with Crippen LogP contribution in [0.15, 0.2) is 24.3 Å². The van der Waals surface area contributed by atoms with Crippen LogP contribution in [0.4, 0.5) is 13.2 Å². The second-order valence-electron chi connectivity index (χ2n) is 4.08. The Balaban J connectivity index is 2.34. The van der Waals surface area contributed by atoms with Gasteiger partial charge in [-0.3, -0.25) is 0 Å². The zero-order valence-electron chi connectivity index (χ0n) is 10.2. The summed E-state index contributed by atoms with van der Waals surface area (Å²) in [6.07, 6.45) is -0.501. The second-order valence-corrected chi connectivity index (χ2v) is 4.08. The molecule has 0 unspecified atom stereocenters. The summed E-state index contributed by atoms with van der Waals surface area (Å²) in [5.41, 5.74) is 4.68. The molecule has 0 bridgehead atoms. The molecule has 0 amide bonds. The van der Waals surface area contributed by atoms with Gasteiger partial charge in [-0.15, -0.1) is 0 Å². The third-order valence-corrected chi connectivity index (χ3v) is 2.53. The van der Waals surface area contributed by atoms with E-state index in [-0.39, 0.29) is 5.75 Å². The average Bonchev–Trinajstić information content (AvgIpc) is 2.33. The minimum absolute atomic E-state index is 0.267. The Morgan fingerprint density at radius 3 is 2.44 bits per heavy atom. The molecule has 0 heterocycles. The van der Waals surface area contributed by atoms with E-state index in [9.17, 15) is 13.2 Å². The third-order valence-electron chi connectivity index (χ3n) is 2.53. The molecule has 0 atom stereocenters. The van der Waals surface area contributed by atoms with Crippen molar-refractivity contribution in [3.05, 3.63) is 29.8 Å². The van der Waals surface area contributed by atoms with Gasteiger partial charge in [0.2, 0.25) is 0 Å². The van der Waals surface area contributed by atoms with Crippen molar-refractivity contribution in [2.75, 3.05) is 13.2 Å². The molecule has 0 radical (unpaired) electrons. The van der Waals surface area contributed by atoms with Crippen molar-refractivity contribution in [1.82, 2.24) is 0 Å². The summed E-state index contributed by atoms with van der Waals surface area (Å²) in [6, 6.07) is 4.95. The van der Waals surface area contributed by atoms with Crippen LogP contribution in [-0.4, -0.2) is 13.2 Å². The van der Waals surface area contributed by atoms with Crippen LogP contribution in [-0.2, 0) is 6.18 Å². The summed E-state index contributed by atoms with van der Waals surface area (Å²) < 4.78 is 42.6. The highest BCUT2D eigenvalue weighted by atomic mass is 19.4. The van der Waals surface area contributed by atoms with E-state index < -0.39 is 11.7 Å². The first-order valence-corrected chi connectivity index (χ1v) is 6.04. The van der Waals surface area contributed by atoms with E-state index in [1.807, 2.05) is 0 Å². The van der Waals surface area contributed by atoms with Crippen LogP contribution in [0, 0.1) is 0 Å². The van der Waals surface area contributed by atoms with Crippen LogP contribution in [0.2, 0.25) is 0 Å². The number of nitrogens with two attached hydrogens (primary N) is 1. The lowest BCUT2D eigenvalue weighted by Crippen LogP contribution is -2.05. The van der Waals surface area contributed by atoms with E-state index in [4.69, 9.17) is 10.5 Å². The molecule has 0 aliphatic rings. The summed E-state index contributed by atoms with van der Waals surface area (Å²) in [7, 11) is 0. The molecule has 0 saturated heterocycles. The molecule has 2 N–H and O–H groups in total. The molecule has 0 aromatic heterocycles. The number of rotatable bonds is 7. The summed E-state index contributed by atoms with van der Waals surface area (Å²) in [5, 5.41) is 0. The van der Waals surface area contributed by atoms with Crippen molar-refractivity contribution in [3.63, 3.8) is 0 Å². The molecule has 5 heteroatoms. The largest absolute Gasteiger partial charge is 0.494 e. The Labute approximate surface area is 105 Å². The number of benzene rings is 1. The van der Waals surface area contributed by atoms with Gasteiger partial charge in [-0.25, -0.2) is 0 Å². The Morgan fingerprint density at radius 1 is 1.06 bits per heavy atom. The predicted octanol–water partition coefficient (Wildman–Crippen LogP) is 3.60. The monoisotopic (exact) mass is 261 g/mol. The maximum Gasteiger partial charge on any atom is 0.416 e. The first-order valence-electron chi connectivity index (χ1n) is 6.04. The molecule has 0 fully saturated rings. The normalized spacial score (nSPS) is 11.6. The van der Waals surface area contributed by atoms with Crippen LogP contribution in [0.3, 0.4) is 0 Å². The first kappa shape index (κ1) is 14.8. The van der Waals surface area contributed by atoms with Gasteiger partial charge in [0.05, 0.1) is 12.2 Å². The molecule has 0 saturated carbocycles. The summed E-state index contributed by atoms with van der Waals surface area (Å²) >= 11 is 0. The molecular weight excluding hydrogens is 243 g/mol. The SMILES string of the molecule is NCCCCCCOc1cccc(C(F)(F)F)c1. The molecule has 0 aliphatic carbocycles. The standard InChI is InChI=1S/C13H18F3NO/c14-13(15,16)11-6-5-7-12(10-11)18-9-4-2-1-3-8-17/h5-7,10H,1-4,8-9,17H2.